The zero-order valence-corrected chi connectivity index (χ0v) is 53.1. The van der Waals surface area contributed by atoms with Crippen LogP contribution in [0.3, 0.4) is 0 Å². The van der Waals surface area contributed by atoms with Crippen molar-refractivity contribution in [3.8, 4) is 0 Å². The molecule has 29 nitrogen and oxygen atoms in total. The fourth-order valence-electron chi connectivity index (χ4n) is 15.9. The molecule has 0 unspecified atom stereocenters. The molecular formula is C56H89NaO29S. The zero-order chi connectivity index (χ0) is 63.2. The molecule has 4 aliphatic carbocycles. The minimum absolute atomic E-state index is 0. The van der Waals surface area contributed by atoms with Crippen LogP contribution in [0.4, 0.5) is 0 Å². The minimum Gasteiger partial charge on any atom is -0.726 e. The van der Waals surface area contributed by atoms with E-state index in [2.05, 4.69) is 13.0 Å². The van der Waals surface area contributed by atoms with Crippen LogP contribution in [0.15, 0.2) is 11.6 Å². The average molecular weight is 1280 g/mol. The molecule has 5 heterocycles. The summed E-state index contributed by atoms with van der Waals surface area (Å²) in [6.45, 7) is 11.6. The number of fused-ring (bicyclic) bond motifs is 5. The maximum atomic E-state index is 13.0. The molecule has 5 aliphatic heterocycles. The average Bonchev–Trinajstić information content (AvgIpc) is 1.70. The molecule has 0 amide bonds. The van der Waals surface area contributed by atoms with Crippen molar-refractivity contribution in [2.45, 2.75) is 285 Å². The molecule has 0 aromatic carbocycles. The van der Waals surface area contributed by atoms with Gasteiger partial charge in [-0.2, -0.15) is 0 Å². The number of hydrogen-bond donors (Lipinski definition) is 13. The first-order valence-electron chi connectivity index (χ1n) is 29.8. The largest absolute Gasteiger partial charge is 1.00 e. The Bertz CT molecular complexity index is 2520. The molecule has 0 spiro atoms. The fourth-order valence-corrected chi connectivity index (χ4v) is 16.4. The number of allylic oxidation sites excluding steroid dienone is 2. The molecule has 8 fully saturated rings. The molecule has 3 saturated carbocycles. The molecule has 87 heavy (non-hydrogen) atoms. The third kappa shape index (κ3) is 14.4. The van der Waals surface area contributed by atoms with Gasteiger partial charge >= 0.3 is 29.6 Å². The molecule has 5 saturated heterocycles. The maximum absolute atomic E-state index is 13.0. The van der Waals surface area contributed by atoms with Crippen molar-refractivity contribution in [1.82, 2.24) is 0 Å². The molecule has 0 aromatic rings. The van der Waals surface area contributed by atoms with Gasteiger partial charge in [0.1, 0.15) is 109 Å². The molecule has 0 aromatic heterocycles. The van der Waals surface area contributed by atoms with Crippen molar-refractivity contribution < 1.29 is 170 Å². The molecule has 0 radical (unpaired) electrons. The Morgan fingerprint density at radius 2 is 1.13 bits per heavy atom. The Morgan fingerprint density at radius 3 is 1.68 bits per heavy atom. The van der Waals surface area contributed by atoms with E-state index in [1.165, 1.54) is 34.6 Å². The summed E-state index contributed by atoms with van der Waals surface area (Å²) in [5.41, 5.74) is -1.74. The fraction of sp³-hybridized carbons (Fsp3) is 0.929. The molecule has 0 bridgehead atoms. The van der Waals surface area contributed by atoms with Crippen LogP contribution < -0.4 is 29.6 Å². The summed E-state index contributed by atoms with van der Waals surface area (Å²) in [6, 6.07) is 0. The van der Waals surface area contributed by atoms with Crippen LogP contribution >= 0.6 is 0 Å². The van der Waals surface area contributed by atoms with Gasteiger partial charge in [-0.3, -0.25) is 13.8 Å². The second-order valence-electron chi connectivity index (χ2n) is 26.4. The molecule has 9 rings (SSSR count). The Labute approximate surface area is 526 Å². The van der Waals surface area contributed by atoms with Crippen molar-refractivity contribution in [2.24, 2.45) is 34.5 Å². The summed E-state index contributed by atoms with van der Waals surface area (Å²) in [5.74, 6) is -2.07. The van der Waals surface area contributed by atoms with E-state index in [0.29, 0.717) is 25.7 Å². The number of hydrogen-bond acceptors (Lipinski definition) is 29. The Hall–Kier alpha value is -0.970. The molecule has 9 aliphatic rings. The van der Waals surface area contributed by atoms with E-state index in [-0.39, 0.29) is 91.0 Å². The molecular weight excluding hydrogens is 1190 g/mol. The van der Waals surface area contributed by atoms with E-state index in [4.69, 9.17) is 51.6 Å². The number of aliphatic hydroxyl groups is 13. The summed E-state index contributed by atoms with van der Waals surface area (Å²) in [6.07, 6.45) is -40.9. The van der Waals surface area contributed by atoms with E-state index in [1.54, 1.807) is 6.92 Å². The first kappa shape index (κ1) is 71.9. The third-order valence-corrected chi connectivity index (χ3v) is 20.9. The smallest absolute Gasteiger partial charge is 0.726 e. The summed E-state index contributed by atoms with van der Waals surface area (Å²) < 4.78 is 103. The standard InChI is InChI=1S/C56H90O29S.Na/c1-20(58)15-25(59)18-56(8,71)33-10-9-28-27-17-31(30-16-26(85-86(72,73)74)11-13-54(30,6)29(27)12-14-55(28,33)7)79-51-44(70)46(37(63)32(19-57)80-51)82-53-48(84-50-42(68)39(65)35(61)22(3)76-50)43(69)45(24(5)78-53)81-52-47(40(66)36(62)23(4)77-52)83-49-41(67)38(64)34(60)21(2)75-49;/h12,21-24,26-28,30-53,57,60-71H,9-11,13-19H2,1-8H3,(H,72,73,74);/q;+1/p-1/t21-,22-,23-,24-,26+,27+,28+,30-,31+,32-,33+,34+,35-,36+,37-,38+,39+,40+,41-,42-,43+,44-,45-,46+,47-,48-,49+,50+,51-,52+,53+,54-,55+,56-;/m1./s1. The first-order valence-corrected chi connectivity index (χ1v) is 31.2. The van der Waals surface area contributed by atoms with Crippen molar-refractivity contribution >= 4 is 22.0 Å². The Kier molecular flexibility index (Phi) is 22.9. The number of carbonyl (C=O) groups is 2. The van der Waals surface area contributed by atoms with Gasteiger partial charge in [0.05, 0.1) is 55.3 Å². The van der Waals surface area contributed by atoms with Gasteiger partial charge in [-0.15, -0.1) is 0 Å². The molecule has 494 valence electrons. The number of rotatable bonds is 18. The normalized spacial score (nSPS) is 51.0. The predicted octanol–water partition coefficient (Wildman–Crippen LogP) is -6.69. The van der Waals surface area contributed by atoms with Crippen molar-refractivity contribution in [1.29, 1.82) is 0 Å². The van der Waals surface area contributed by atoms with E-state index >= 15 is 0 Å². The molecule has 34 atom stereocenters. The number of aliphatic hydroxyl groups excluding tert-OH is 12. The van der Waals surface area contributed by atoms with Crippen molar-refractivity contribution in [3.05, 3.63) is 11.6 Å². The number of Topliss-reactive ketones (excluding diaryl/α,β-unsaturated/α-hetero) is 2. The third-order valence-electron chi connectivity index (χ3n) is 20.4. The van der Waals surface area contributed by atoms with Crippen LogP contribution in [0.2, 0.25) is 0 Å². The van der Waals surface area contributed by atoms with Gasteiger partial charge in [-0.05, 0) is 121 Å². The Balaban J connectivity index is 0.00000982. The second kappa shape index (κ2) is 27.8. The van der Waals surface area contributed by atoms with E-state index in [9.17, 15) is 88.9 Å². The van der Waals surface area contributed by atoms with Crippen LogP contribution in [0.5, 0.6) is 0 Å². The summed E-state index contributed by atoms with van der Waals surface area (Å²) in [4.78, 5) is 24.9. The van der Waals surface area contributed by atoms with Crippen LogP contribution in [0, 0.1) is 34.5 Å². The Morgan fingerprint density at radius 1 is 0.621 bits per heavy atom. The van der Waals surface area contributed by atoms with Gasteiger partial charge in [0.25, 0.3) is 0 Å². The topological polar surface area (TPSA) is 456 Å². The van der Waals surface area contributed by atoms with Crippen LogP contribution in [0.25, 0.3) is 0 Å². The number of ketones is 2. The van der Waals surface area contributed by atoms with Gasteiger partial charge < -0.3 is 118 Å². The van der Waals surface area contributed by atoms with Gasteiger partial charge in [-0.1, -0.05) is 25.5 Å². The van der Waals surface area contributed by atoms with Crippen LogP contribution in [-0.2, 0) is 71.5 Å². The zero-order valence-electron chi connectivity index (χ0n) is 50.3. The van der Waals surface area contributed by atoms with E-state index in [1.807, 2.05) is 6.92 Å². The number of carbonyl (C=O) groups excluding carboxylic acids is 2. The quantitative estimate of drug-likeness (QED) is 0.0199. The minimum atomic E-state index is -5.18. The van der Waals surface area contributed by atoms with Gasteiger partial charge in [0.2, 0.25) is 10.4 Å². The maximum Gasteiger partial charge on any atom is 1.00 e. The molecule has 13 N–H and O–H groups in total. The summed E-state index contributed by atoms with van der Waals surface area (Å²) in [7, 11) is -5.18. The van der Waals surface area contributed by atoms with Gasteiger partial charge in [0, 0.05) is 6.42 Å². The van der Waals surface area contributed by atoms with Crippen LogP contribution in [-0.4, -0.2) is 269 Å². The summed E-state index contributed by atoms with van der Waals surface area (Å²) in [5, 5.41) is 146. The van der Waals surface area contributed by atoms with Crippen molar-refractivity contribution in [2.75, 3.05) is 6.61 Å². The number of ether oxygens (including phenoxy) is 10. The van der Waals surface area contributed by atoms with Gasteiger partial charge in [0.15, 0.2) is 31.5 Å². The predicted molar refractivity (Wildman–Crippen MR) is 284 cm³/mol. The monoisotopic (exact) mass is 1280 g/mol. The first-order chi connectivity index (χ1) is 40.1. The van der Waals surface area contributed by atoms with E-state index < -0.39 is 205 Å². The van der Waals surface area contributed by atoms with Crippen molar-refractivity contribution in [3.63, 3.8) is 0 Å². The SMILES string of the molecule is CC(=O)CC(=O)C[C@@](C)(O)[C@H]1CC[C@H]2[C@@H]3C[C@H](O[C@@H]4O[C@H](CO)[C@@H](O)[C@H](O[C@@H]5O[C@H](C)[C@@H](O[C@@H]6O[C@H](C)[C@H](O)[C@H](O)[C@H]6O[C@@H]6O[C@H](C)[C@H](O)[C@H](O)[C@H]6O)[C@H](O)[C@H]5O[C@@H]5O[C@H](C)[C@@H](O)[C@H](O)[C@H]5O)[C@H]4O)[C@H]4C[C@@H](OS(=O)(=O)[O-])CC[C@]4(C)C3=CC[C@@]21C.[Na+]. The van der Waals surface area contributed by atoms with Crippen LogP contribution in [0.1, 0.15) is 113 Å². The van der Waals surface area contributed by atoms with Gasteiger partial charge in [-0.25, -0.2) is 8.42 Å². The molecule has 31 heteroatoms. The summed E-state index contributed by atoms with van der Waals surface area (Å²) >= 11 is 0. The van der Waals surface area contributed by atoms with E-state index in [0.717, 1.165) is 5.57 Å². The second-order valence-corrected chi connectivity index (χ2v) is 27.4.